The van der Waals surface area contributed by atoms with Gasteiger partial charge in [-0.1, -0.05) is 15.9 Å². The molecule has 0 radical (unpaired) electrons. The van der Waals surface area contributed by atoms with Gasteiger partial charge in [0.25, 0.3) is 5.91 Å². The minimum absolute atomic E-state index is 0.148. The number of pyridine rings is 1. The molecule has 0 atom stereocenters. The van der Waals surface area contributed by atoms with Gasteiger partial charge < -0.3 is 14.8 Å². The third kappa shape index (κ3) is 4.86. The van der Waals surface area contributed by atoms with E-state index in [1.165, 1.54) is 0 Å². The van der Waals surface area contributed by atoms with Crippen molar-refractivity contribution in [2.24, 2.45) is 0 Å². The van der Waals surface area contributed by atoms with Gasteiger partial charge in [-0.25, -0.2) is 4.79 Å². The molecular weight excluding hydrogens is 424 g/mol. The highest BCUT2D eigenvalue weighted by molar-refractivity contribution is 9.10. The molecular formula is C21H19BrN2O4. The van der Waals surface area contributed by atoms with Gasteiger partial charge in [-0.05, 0) is 56.3 Å². The molecule has 28 heavy (non-hydrogen) atoms. The predicted octanol–water partition coefficient (Wildman–Crippen LogP) is 4.50. The first-order valence-electron chi connectivity index (χ1n) is 8.73. The van der Waals surface area contributed by atoms with Crippen molar-refractivity contribution in [2.75, 3.05) is 18.5 Å². The largest absolute Gasteiger partial charge is 0.483 e. The summed E-state index contributed by atoms with van der Waals surface area (Å²) < 4.78 is 11.6. The smallest absolute Gasteiger partial charge is 0.338 e. The van der Waals surface area contributed by atoms with Crippen LogP contribution in [0, 0.1) is 6.92 Å². The number of aryl methyl sites for hydroxylation is 1. The third-order valence-corrected chi connectivity index (χ3v) is 4.39. The highest BCUT2D eigenvalue weighted by Gasteiger charge is 2.10. The number of hydrogen-bond acceptors (Lipinski definition) is 5. The Morgan fingerprint density at radius 1 is 1.11 bits per heavy atom. The van der Waals surface area contributed by atoms with Crippen LogP contribution in [0.3, 0.4) is 0 Å². The number of ether oxygens (including phenoxy) is 2. The highest BCUT2D eigenvalue weighted by Crippen LogP contribution is 2.28. The molecule has 0 aliphatic rings. The number of anilines is 1. The van der Waals surface area contributed by atoms with Crippen molar-refractivity contribution < 1.29 is 19.1 Å². The number of hydrogen-bond donors (Lipinski definition) is 1. The number of amides is 1. The zero-order chi connectivity index (χ0) is 20.1. The Labute approximate surface area is 171 Å². The third-order valence-electron chi connectivity index (χ3n) is 3.90. The summed E-state index contributed by atoms with van der Waals surface area (Å²) in [5.74, 6) is -0.104. The van der Waals surface area contributed by atoms with Crippen LogP contribution in [0.1, 0.15) is 23.0 Å². The molecule has 144 valence electrons. The lowest BCUT2D eigenvalue weighted by atomic mass is 10.2. The van der Waals surface area contributed by atoms with E-state index in [0.717, 1.165) is 21.1 Å². The van der Waals surface area contributed by atoms with E-state index in [2.05, 4.69) is 26.2 Å². The molecule has 1 aromatic heterocycles. The van der Waals surface area contributed by atoms with Gasteiger partial charge in [0.05, 0.1) is 17.7 Å². The molecule has 1 heterocycles. The van der Waals surface area contributed by atoms with Gasteiger partial charge in [-0.3, -0.25) is 9.78 Å². The molecule has 3 rings (SSSR count). The Balaban J connectivity index is 1.65. The molecule has 6 nitrogen and oxygen atoms in total. The second-order valence-electron chi connectivity index (χ2n) is 6.06. The Kier molecular flexibility index (Phi) is 6.26. The summed E-state index contributed by atoms with van der Waals surface area (Å²) in [6, 6.07) is 14.0. The molecule has 0 saturated heterocycles. The Morgan fingerprint density at radius 2 is 1.86 bits per heavy atom. The maximum Gasteiger partial charge on any atom is 0.338 e. The standard InChI is InChI=1S/C21H19BrN2O4/c1-3-27-21(26)14-4-7-16(8-5-14)24-20(25)12-28-19-10-13(2)23-18-9-6-15(22)11-17(18)19/h4-11H,3,12H2,1-2H3,(H,24,25). The van der Waals surface area contributed by atoms with Crippen molar-refractivity contribution in [1.29, 1.82) is 0 Å². The van der Waals surface area contributed by atoms with Crippen LogP contribution in [0.5, 0.6) is 5.75 Å². The summed E-state index contributed by atoms with van der Waals surface area (Å²) in [5.41, 5.74) is 2.61. The number of fused-ring (bicyclic) bond motifs is 1. The number of esters is 1. The monoisotopic (exact) mass is 442 g/mol. The molecule has 0 saturated carbocycles. The van der Waals surface area contributed by atoms with E-state index in [4.69, 9.17) is 9.47 Å². The minimum atomic E-state index is -0.394. The van der Waals surface area contributed by atoms with Crippen molar-refractivity contribution in [3.05, 3.63) is 64.3 Å². The average Bonchev–Trinajstić information content (AvgIpc) is 2.67. The molecule has 1 amide bonds. The number of halogens is 1. The van der Waals surface area contributed by atoms with E-state index in [9.17, 15) is 9.59 Å². The van der Waals surface area contributed by atoms with Gasteiger partial charge in [0.1, 0.15) is 5.75 Å². The first kappa shape index (κ1) is 19.8. The summed E-state index contributed by atoms with van der Waals surface area (Å²) in [6.07, 6.45) is 0. The van der Waals surface area contributed by atoms with Crippen LogP contribution < -0.4 is 10.1 Å². The SMILES string of the molecule is CCOC(=O)c1ccc(NC(=O)COc2cc(C)nc3ccc(Br)cc23)cc1. The summed E-state index contributed by atoms with van der Waals surface area (Å²) >= 11 is 3.44. The topological polar surface area (TPSA) is 77.5 Å². The summed E-state index contributed by atoms with van der Waals surface area (Å²) in [6.45, 7) is 3.79. The number of benzene rings is 2. The van der Waals surface area contributed by atoms with Crippen LogP contribution >= 0.6 is 15.9 Å². The van der Waals surface area contributed by atoms with Crippen LogP contribution in [0.25, 0.3) is 10.9 Å². The summed E-state index contributed by atoms with van der Waals surface area (Å²) in [5, 5.41) is 3.57. The number of carbonyl (C=O) groups is 2. The number of aromatic nitrogens is 1. The summed E-state index contributed by atoms with van der Waals surface area (Å²) in [7, 11) is 0. The zero-order valence-corrected chi connectivity index (χ0v) is 17.1. The summed E-state index contributed by atoms with van der Waals surface area (Å²) in [4.78, 5) is 28.4. The van der Waals surface area contributed by atoms with Crippen molar-refractivity contribution in [2.45, 2.75) is 13.8 Å². The van der Waals surface area contributed by atoms with Gasteiger partial charge in [0, 0.05) is 27.3 Å². The van der Waals surface area contributed by atoms with Gasteiger partial charge >= 0.3 is 5.97 Å². The number of carbonyl (C=O) groups excluding carboxylic acids is 2. The molecule has 0 aliphatic carbocycles. The molecule has 2 aromatic carbocycles. The lowest BCUT2D eigenvalue weighted by molar-refractivity contribution is -0.118. The lowest BCUT2D eigenvalue weighted by Crippen LogP contribution is -2.20. The molecule has 0 unspecified atom stereocenters. The van der Waals surface area contributed by atoms with E-state index < -0.39 is 5.97 Å². The fraction of sp³-hybridized carbons (Fsp3) is 0.190. The molecule has 0 fully saturated rings. The van der Waals surface area contributed by atoms with Crippen molar-refractivity contribution in [1.82, 2.24) is 4.98 Å². The fourth-order valence-corrected chi connectivity index (χ4v) is 3.02. The Hall–Kier alpha value is -2.93. The Bertz CT molecular complexity index is 1020. The normalized spacial score (nSPS) is 10.5. The number of nitrogens with zero attached hydrogens (tertiary/aromatic N) is 1. The maximum absolute atomic E-state index is 12.2. The quantitative estimate of drug-likeness (QED) is 0.568. The fourth-order valence-electron chi connectivity index (χ4n) is 2.66. The van der Waals surface area contributed by atoms with Crippen LogP contribution in [0.2, 0.25) is 0 Å². The van der Waals surface area contributed by atoms with Crippen LogP contribution in [-0.2, 0) is 9.53 Å². The van der Waals surface area contributed by atoms with Gasteiger partial charge in [-0.2, -0.15) is 0 Å². The van der Waals surface area contributed by atoms with E-state index in [1.807, 2.05) is 25.1 Å². The van der Waals surface area contributed by atoms with E-state index in [-0.39, 0.29) is 12.5 Å². The second kappa shape index (κ2) is 8.84. The van der Waals surface area contributed by atoms with Crippen LogP contribution in [-0.4, -0.2) is 30.1 Å². The highest BCUT2D eigenvalue weighted by atomic mass is 79.9. The van der Waals surface area contributed by atoms with E-state index in [1.54, 1.807) is 37.3 Å². The van der Waals surface area contributed by atoms with Gasteiger partial charge in [0.2, 0.25) is 0 Å². The minimum Gasteiger partial charge on any atom is -0.483 e. The average molecular weight is 443 g/mol. The van der Waals surface area contributed by atoms with Crippen molar-refractivity contribution >= 4 is 44.4 Å². The molecule has 0 aliphatic heterocycles. The van der Waals surface area contributed by atoms with Crippen LogP contribution in [0.15, 0.2) is 53.0 Å². The van der Waals surface area contributed by atoms with E-state index >= 15 is 0 Å². The van der Waals surface area contributed by atoms with Gasteiger partial charge in [-0.15, -0.1) is 0 Å². The lowest BCUT2D eigenvalue weighted by Gasteiger charge is -2.11. The first-order chi connectivity index (χ1) is 13.5. The maximum atomic E-state index is 12.2. The molecule has 0 spiro atoms. The number of rotatable bonds is 6. The Morgan fingerprint density at radius 3 is 2.57 bits per heavy atom. The zero-order valence-electron chi connectivity index (χ0n) is 15.5. The van der Waals surface area contributed by atoms with E-state index in [0.29, 0.717) is 23.6 Å². The molecule has 7 heteroatoms. The molecule has 0 bridgehead atoms. The van der Waals surface area contributed by atoms with Gasteiger partial charge in [0.15, 0.2) is 6.61 Å². The van der Waals surface area contributed by atoms with Crippen molar-refractivity contribution in [3.63, 3.8) is 0 Å². The first-order valence-corrected chi connectivity index (χ1v) is 9.52. The predicted molar refractivity (Wildman–Crippen MR) is 111 cm³/mol. The van der Waals surface area contributed by atoms with Crippen LogP contribution in [0.4, 0.5) is 5.69 Å². The second-order valence-corrected chi connectivity index (χ2v) is 6.97. The molecule has 1 N–H and O–H groups in total. The number of nitrogens with one attached hydrogen (secondary N) is 1. The molecule has 3 aromatic rings. The van der Waals surface area contributed by atoms with Crippen molar-refractivity contribution in [3.8, 4) is 5.75 Å².